The minimum Gasteiger partial charge on any atom is -0.370 e. The van der Waals surface area contributed by atoms with Gasteiger partial charge in [-0.25, -0.2) is 4.79 Å². The molecular weight excluding hydrogens is 332 g/mol. The number of urea groups is 1. The molecule has 0 spiro atoms. The Morgan fingerprint density at radius 3 is 2.62 bits per heavy atom. The van der Waals surface area contributed by atoms with Crippen molar-refractivity contribution in [2.75, 3.05) is 46.8 Å². The van der Waals surface area contributed by atoms with Gasteiger partial charge >= 0.3 is 6.03 Å². The van der Waals surface area contributed by atoms with E-state index in [0.717, 1.165) is 13.1 Å². The van der Waals surface area contributed by atoms with Crippen molar-refractivity contribution in [2.45, 2.75) is 50.7 Å². The molecule has 0 aromatic carbocycles. The number of carbonyl (C=O) groups is 2. The Hall–Kier alpha value is -1.34. The minimum absolute atomic E-state index is 0.00235. The molecule has 3 atom stereocenters. The van der Waals surface area contributed by atoms with Crippen molar-refractivity contribution in [3.8, 4) is 0 Å². The predicted molar refractivity (Wildman–Crippen MR) is 99.9 cm³/mol. The van der Waals surface area contributed by atoms with Crippen LogP contribution >= 0.6 is 0 Å². The van der Waals surface area contributed by atoms with Gasteiger partial charge in [0.2, 0.25) is 5.91 Å². The van der Waals surface area contributed by atoms with Gasteiger partial charge < -0.3 is 25.2 Å². The molecule has 7 nitrogen and oxygen atoms in total. The third-order valence-electron chi connectivity index (χ3n) is 5.91. The molecule has 2 N–H and O–H groups in total. The van der Waals surface area contributed by atoms with Crippen LogP contribution in [0.2, 0.25) is 0 Å². The van der Waals surface area contributed by atoms with E-state index in [1.165, 1.54) is 32.1 Å². The van der Waals surface area contributed by atoms with E-state index >= 15 is 0 Å². The molecule has 1 aliphatic carbocycles. The lowest BCUT2D eigenvalue weighted by Gasteiger charge is -2.33. The van der Waals surface area contributed by atoms with Crippen molar-refractivity contribution < 1.29 is 14.3 Å². The van der Waals surface area contributed by atoms with Crippen LogP contribution in [-0.4, -0.2) is 80.8 Å². The van der Waals surface area contributed by atoms with E-state index in [2.05, 4.69) is 10.6 Å². The average Bonchev–Trinajstić information content (AvgIpc) is 2.94. The highest BCUT2D eigenvalue weighted by atomic mass is 16.5. The van der Waals surface area contributed by atoms with E-state index in [1.807, 2.05) is 23.9 Å². The number of ether oxygens (including phenoxy) is 1. The summed E-state index contributed by atoms with van der Waals surface area (Å²) in [7, 11) is 3.98. The molecule has 3 aliphatic rings. The van der Waals surface area contributed by atoms with Crippen molar-refractivity contribution in [3.63, 3.8) is 0 Å². The molecule has 3 rings (SSSR count). The van der Waals surface area contributed by atoms with Crippen LogP contribution in [0.5, 0.6) is 0 Å². The first kappa shape index (κ1) is 19.4. The van der Waals surface area contributed by atoms with Crippen LogP contribution in [0.3, 0.4) is 0 Å². The molecular formula is C19H34N4O3. The first-order chi connectivity index (χ1) is 12.5. The first-order valence-electron chi connectivity index (χ1n) is 10.1. The molecule has 3 amide bonds. The molecule has 1 saturated carbocycles. The van der Waals surface area contributed by atoms with Crippen LogP contribution in [0.15, 0.2) is 0 Å². The molecule has 0 aromatic heterocycles. The van der Waals surface area contributed by atoms with E-state index < -0.39 is 0 Å². The van der Waals surface area contributed by atoms with Gasteiger partial charge in [0.1, 0.15) is 0 Å². The monoisotopic (exact) mass is 366 g/mol. The lowest BCUT2D eigenvalue weighted by molar-refractivity contribution is -0.127. The highest BCUT2D eigenvalue weighted by Crippen LogP contribution is 2.32. The summed E-state index contributed by atoms with van der Waals surface area (Å²) in [6.07, 6.45) is 6.88. The van der Waals surface area contributed by atoms with Gasteiger partial charge in [-0.05, 0) is 39.3 Å². The first-order valence-corrected chi connectivity index (χ1v) is 10.1. The van der Waals surface area contributed by atoms with Crippen molar-refractivity contribution in [2.24, 2.45) is 11.8 Å². The second kappa shape index (κ2) is 9.04. The standard InChI is InChI=1S/C19H34N4O3/c1-22(2)9-8-20-18(24)16-10-15-12-23(13-17(16)26-15)19(25)21-11-14-6-4-3-5-7-14/h14-17H,3-13H2,1-2H3,(H,20,24)(H,21,25). The predicted octanol–water partition coefficient (Wildman–Crippen LogP) is 1.04. The van der Waals surface area contributed by atoms with Crippen LogP contribution < -0.4 is 10.6 Å². The van der Waals surface area contributed by atoms with E-state index in [1.54, 1.807) is 0 Å². The van der Waals surface area contributed by atoms with Crippen molar-refractivity contribution in [1.29, 1.82) is 0 Å². The molecule has 0 radical (unpaired) electrons. The van der Waals surface area contributed by atoms with Gasteiger partial charge in [0.05, 0.1) is 18.1 Å². The van der Waals surface area contributed by atoms with Crippen molar-refractivity contribution >= 4 is 11.9 Å². The number of rotatable bonds is 6. The van der Waals surface area contributed by atoms with Crippen molar-refractivity contribution in [1.82, 2.24) is 20.4 Å². The maximum absolute atomic E-state index is 12.5. The third-order valence-corrected chi connectivity index (χ3v) is 5.91. The Morgan fingerprint density at radius 2 is 1.88 bits per heavy atom. The van der Waals surface area contributed by atoms with Crippen LogP contribution in [0.1, 0.15) is 38.5 Å². The van der Waals surface area contributed by atoms with Gasteiger partial charge in [-0.3, -0.25) is 4.79 Å². The zero-order chi connectivity index (χ0) is 18.5. The molecule has 0 aromatic rings. The van der Waals surface area contributed by atoms with Crippen LogP contribution in [0, 0.1) is 11.8 Å². The summed E-state index contributed by atoms with van der Waals surface area (Å²) in [4.78, 5) is 28.9. The van der Waals surface area contributed by atoms with E-state index in [4.69, 9.17) is 4.74 Å². The molecule has 3 fully saturated rings. The number of amides is 3. The smallest absolute Gasteiger partial charge is 0.317 e. The molecule has 2 bridgehead atoms. The van der Waals surface area contributed by atoms with Gasteiger partial charge in [0, 0.05) is 32.7 Å². The van der Waals surface area contributed by atoms with Gasteiger partial charge in [-0.2, -0.15) is 0 Å². The summed E-state index contributed by atoms with van der Waals surface area (Å²) in [5.41, 5.74) is 0. The van der Waals surface area contributed by atoms with Gasteiger partial charge in [0.25, 0.3) is 0 Å². The molecule has 2 aliphatic heterocycles. The Kier molecular flexibility index (Phi) is 6.75. The molecule has 2 heterocycles. The summed E-state index contributed by atoms with van der Waals surface area (Å²) < 4.78 is 5.94. The normalized spacial score (nSPS) is 29.0. The fourth-order valence-corrected chi connectivity index (χ4v) is 4.37. The number of hydrogen-bond donors (Lipinski definition) is 2. The number of nitrogens with one attached hydrogen (secondary N) is 2. The Bertz CT molecular complexity index is 493. The second-order valence-electron chi connectivity index (χ2n) is 8.33. The molecule has 26 heavy (non-hydrogen) atoms. The summed E-state index contributed by atoms with van der Waals surface area (Å²) in [6.45, 7) is 3.35. The summed E-state index contributed by atoms with van der Waals surface area (Å²) in [6, 6.07) is 0.00235. The fraction of sp³-hybridized carbons (Fsp3) is 0.895. The molecule has 2 saturated heterocycles. The zero-order valence-electron chi connectivity index (χ0n) is 16.2. The topological polar surface area (TPSA) is 73.9 Å². The number of morpholine rings is 1. The minimum atomic E-state index is -0.173. The number of nitrogens with zero attached hydrogens (tertiary/aromatic N) is 2. The molecule has 148 valence electrons. The van der Waals surface area contributed by atoms with Gasteiger partial charge in [-0.15, -0.1) is 0 Å². The summed E-state index contributed by atoms with van der Waals surface area (Å²) >= 11 is 0. The number of carbonyl (C=O) groups excluding carboxylic acids is 2. The summed E-state index contributed by atoms with van der Waals surface area (Å²) in [5, 5.41) is 6.11. The maximum Gasteiger partial charge on any atom is 0.317 e. The Labute approximate surface area is 156 Å². The molecule has 7 heteroatoms. The maximum atomic E-state index is 12.5. The Balaban J connectivity index is 1.44. The van der Waals surface area contributed by atoms with Crippen LogP contribution in [-0.2, 0) is 9.53 Å². The SMILES string of the molecule is CN(C)CCNC(=O)C1CC2CN(C(=O)NCC3CCCCC3)CC1O2. The number of fused-ring (bicyclic) bond motifs is 2. The number of likely N-dealkylation sites (tertiary alicyclic amines) is 1. The number of hydrogen-bond acceptors (Lipinski definition) is 4. The highest BCUT2D eigenvalue weighted by molar-refractivity contribution is 5.80. The van der Waals surface area contributed by atoms with Gasteiger partial charge in [0.15, 0.2) is 0 Å². The number of likely N-dealkylation sites (N-methyl/N-ethyl adjacent to an activating group) is 1. The second-order valence-corrected chi connectivity index (χ2v) is 8.33. The average molecular weight is 367 g/mol. The third kappa shape index (κ3) is 5.10. The summed E-state index contributed by atoms with van der Waals surface area (Å²) in [5.74, 6) is 0.544. The van der Waals surface area contributed by atoms with E-state index in [0.29, 0.717) is 32.0 Å². The van der Waals surface area contributed by atoms with E-state index in [9.17, 15) is 9.59 Å². The van der Waals surface area contributed by atoms with Gasteiger partial charge in [-0.1, -0.05) is 19.3 Å². The molecule has 3 unspecified atom stereocenters. The lowest BCUT2D eigenvalue weighted by Crippen LogP contribution is -2.52. The van der Waals surface area contributed by atoms with Crippen LogP contribution in [0.4, 0.5) is 4.79 Å². The quantitative estimate of drug-likeness (QED) is 0.737. The fourth-order valence-electron chi connectivity index (χ4n) is 4.37. The Morgan fingerprint density at radius 1 is 1.12 bits per heavy atom. The van der Waals surface area contributed by atoms with Crippen LogP contribution in [0.25, 0.3) is 0 Å². The largest absolute Gasteiger partial charge is 0.370 e. The van der Waals surface area contributed by atoms with Crippen molar-refractivity contribution in [3.05, 3.63) is 0 Å². The zero-order valence-corrected chi connectivity index (χ0v) is 16.2. The van der Waals surface area contributed by atoms with E-state index in [-0.39, 0.29) is 30.1 Å². The lowest BCUT2D eigenvalue weighted by atomic mass is 9.89. The highest BCUT2D eigenvalue weighted by Gasteiger charge is 2.45.